The first-order chi connectivity index (χ1) is 8.66. The quantitative estimate of drug-likeness (QED) is 0.939. The summed E-state index contributed by atoms with van der Waals surface area (Å²) in [7, 11) is 0. The lowest BCUT2D eigenvalue weighted by Crippen LogP contribution is -2.25. The maximum absolute atomic E-state index is 11.8. The van der Waals surface area contributed by atoms with Gasteiger partial charge in [0.1, 0.15) is 0 Å². The van der Waals surface area contributed by atoms with Gasteiger partial charge in [0.05, 0.1) is 0 Å². The Morgan fingerprint density at radius 3 is 3.00 bits per heavy atom. The molecule has 0 aliphatic carbocycles. The second-order valence-corrected chi connectivity index (χ2v) is 4.66. The molecular formula is C12H12BrN3O2. The van der Waals surface area contributed by atoms with Crippen LogP contribution in [0.1, 0.15) is 21.8 Å². The average molecular weight is 310 g/mol. The van der Waals surface area contributed by atoms with E-state index in [0.717, 1.165) is 10.0 Å². The van der Waals surface area contributed by atoms with Gasteiger partial charge in [-0.3, -0.25) is 4.79 Å². The molecule has 0 aliphatic heterocycles. The van der Waals surface area contributed by atoms with E-state index in [1.54, 1.807) is 12.1 Å². The molecule has 1 N–H and O–H groups in total. The fourth-order valence-electron chi connectivity index (χ4n) is 1.43. The summed E-state index contributed by atoms with van der Waals surface area (Å²) >= 11 is 3.40. The lowest BCUT2D eigenvalue weighted by molar-refractivity contribution is 0.0953. The number of hydrogen-bond acceptors (Lipinski definition) is 4. The van der Waals surface area contributed by atoms with Crippen LogP contribution >= 0.6 is 15.9 Å². The Hall–Kier alpha value is -1.69. The van der Waals surface area contributed by atoms with Crippen LogP contribution in [0.4, 0.5) is 0 Å². The maximum atomic E-state index is 11.8. The van der Waals surface area contributed by atoms with Crippen molar-refractivity contribution in [2.24, 2.45) is 0 Å². The summed E-state index contributed by atoms with van der Waals surface area (Å²) in [5, 5.41) is 6.29. The summed E-state index contributed by atoms with van der Waals surface area (Å²) in [5.74, 6) is 0.399. The number of hydrogen-bond donors (Lipinski definition) is 1. The number of carbonyl (C=O) groups is 1. The van der Waals surface area contributed by atoms with Crippen molar-refractivity contribution in [3.63, 3.8) is 0 Å². The molecule has 94 valence electrons. The largest absolute Gasteiger partial charge is 0.352 e. The molecule has 1 aromatic carbocycles. The van der Waals surface area contributed by atoms with Crippen LogP contribution in [0, 0.1) is 6.92 Å². The Balaban J connectivity index is 1.89. The minimum atomic E-state index is -0.116. The second-order valence-electron chi connectivity index (χ2n) is 3.80. The summed E-state index contributed by atoms with van der Waals surface area (Å²) in [6, 6.07) is 5.50. The van der Waals surface area contributed by atoms with Crippen LogP contribution in [0.15, 0.2) is 33.5 Å². The number of benzene rings is 1. The normalized spacial score (nSPS) is 10.3. The molecule has 6 heteroatoms. The molecule has 0 saturated heterocycles. The minimum absolute atomic E-state index is 0.116. The zero-order chi connectivity index (χ0) is 13.0. The molecule has 0 saturated carbocycles. The SMILES string of the molecule is Cc1ccc(C(=O)NCCc2ncno2)cc1Br. The average Bonchev–Trinajstić information content (AvgIpc) is 2.85. The van der Waals surface area contributed by atoms with Crippen molar-refractivity contribution in [2.45, 2.75) is 13.3 Å². The second kappa shape index (κ2) is 5.77. The molecule has 0 unspecified atom stereocenters. The van der Waals surface area contributed by atoms with Gasteiger partial charge in [-0.1, -0.05) is 27.2 Å². The van der Waals surface area contributed by atoms with E-state index in [0.29, 0.717) is 24.4 Å². The third-order valence-corrected chi connectivity index (χ3v) is 3.32. The van der Waals surface area contributed by atoms with Crippen molar-refractivity contribution < 1.29 is 9.32 Å². The van der Waals surface area contributed by atoms with Gasteiger partial charge >= 0.3 is 0 Å². The number of halogens is 1. The van der Waals surface area contributed by atoms with E-state index >= 15 is 0 Å². The molecule has 1 amide bonds. The summed E-state index contributed by atoms with van der Waals surface area (Å²) in [5.41, 5.74) is 1.72. The molecule has 5 nitrogen and oxygen atoms in total. The Bertz CT molecular complexity index is 540. The minimum Gasteiger partial charge on any atom is -0.352 e. The molecule has 0 fully saturated rings. The molecule has 1 heterocycles. The molecule has 1 aromatic heterocycles. The molecule has 0 spiro atoms. The molecule has 0 radical (unpaired) electrons. The first-order valence-electron chi connectivity index (χ1n) is 5.46. The number of nitrogens with one attached hydrogen (secondary N) is 1. The number of aryl methyl sites for hydroxylation is 1. The van der Waals surface area contributed by atoms with E-state index in [9.17, 15) is 4.79 Å². The van der Waals surface area contributed by atoms with Gasteiger partial charge in [-0.05, 0) is 24.6 Å². The van der Waals surface area contributed by atoms with Crippen LogP contribution < -0.4 is 5.32 Å². The molecule has 0 aliphatic rings. The summed E-state index contributed by atoms with van der Waals surface area (Å²) in [6.45, 7) is 2.44. The lowest BCUT2D eigenvalue weighted by atomic mass is 10.1. The molecule has 0 atom stereocenters. The third-order valence-electron chi connectivity index (χ3n) is 2.47. The molecule has 0 bridgehead atoms. The van der Waals surface area contributed by atoms with Crippen LogP contribution in [0.25, 0.3) is 0 Å². The first-order valence-corrected chi connectivity index (χ1v) is 6.26. The van der Waals surface area contributed by atoms with E-state index in [4.69, 9.17) is 4.52 Å². The first kappa shape index (κ1) is 12.8. The van der Waals surface area contributed by atoms with Gasteiger partial charge in [-0.2, -0.15) is 4.98 Å². The van der Waals surface area contributed by atoms with Gasteiger partial charge in [0, 0.05) is 23.0 Å². The Morgan fingerprint density at radius 1 is 1.50 bits per heavy atom. The van der Waals surface area contributed by atoms with Gasteiger partial charge in [-0.15, -0.1) is 0 Å². The van der Waals surface area contributed by atoms with E-state index in [2.05, 4.69) is 31.4 Å². The fraction of sp³-hybridized carbons (Fsp3) is 0.250. The van der Waals surface area contributed by atoms with Crippen molar-refractivity contribution in [1.82, 2.24) is 15.5 Å². The maximum Gasteiger partial charge on any atom is 0.251 e. The van der Waals surface area contributed by atoms with Crippen LogP contribution in [-0.2, 0) is 6.42 Å². The fourth-order valence-corrected chi connectivity index (χ4v) is 1.80. The number of amides is 1. The van der Waals surface area contributed by atoms with E-state index in [-0.39, 0.29) is 5.91 Å². The van der Waals surface area contributed by atoms with Gasteiger partial charge in [-0.25, -0.2) is 0 Å². The number of rotatable bonds is 4. The topological polar surface area (TPSA) is 68.0 Å². The Kier molecular flexibility index (Phi) is 4.09. The molecular weight excluding hydrogens is 298 g/mol. The van der Waals surface area contributed by atoms with E-state index in [1.807, 2.05) is 13.0 Å². The van der Waals surface area contributed by atoms with Crippen molar-refractivity contribution >= 4 is 21.8 Å². The van der Waals surface area contributed by atoms with Crippen molar-refractivity contribution in [3.8, 4) is 0 Å². The van der Waals surface area contributed by atoms with Gasteiger partial charge in [0.25, 0.3) is 5.91 Å². The van der Waals surface area contributed by atoms with Crippen LogP contribution in [-0.4, -0.2) is 22.6 Å². The van der Waals surface area contributed by atoms with Gasteiger partial charge < -0.3 is 9.84 Å². The monoisotopic (exact) mass is 309 g/mol. The lowest BCUT2D eigenvalue weighted by Gasteiger charge is -2.05. The highest BCUT2D eigenvalue weighted by atomic mass is 79.9. The molecule has 18 heavy (non-hydrogen) atoms. The number of carbonyl (C=O) groups excluding carboxylic acids is 1. The highest BCUT2D eigenvalue weighted by molar-refractivity contribution is 9.10. The van der Waals surface area contributed by atoms with Crippen LogP contribution in [0.5, 0.6) is 0 Å². The summed E-state index contributed by atoms with van der Waals surface area (Å²) < 4.78 is 5.76. The molecule has 2 aromatic rings. The van der Waals surface area contributed by atoms with E-state index < -0.39 is 0 Å². The van der Waals surface area contributed by atoms with E-state index in [1.165, 1.54) is 6.33 Å². The van der Waals surface area contributed by atoms with Gasteiger partial charge in [0.2, 0.25) is 5.89 Å². The number of aromatic nitrogens is 2. The van der Waals surface area contributed by atoms with Gasteiger partial charge in [0.15, 0.2) is 6.33 Å². The molecule has 2 rings (SSSR count). The van der Waals surface area contributed by atoms with Crippen molar-refractivity contribution in [1.29, 1.82) is 0 Å². The zero-order valence-electron chi connectivity index (χ0n) is 9.81. The van der Waals surface area contributed by atoms with Crippen LogP contribution in [0.3, 0.4) is 0 Å². The predicted molar refractivity (Wildman–Crippen MR) is 69.2 cm³/mol. The third kappa shape index (κ3) is 3.16. The summed E-state index contributed by atoms with van der Waals surface area (Å²) in [4.78, 5) is 15.7. The van der Waals surface area contributed by atoms with Crippen molar-refractivity contribution in [2.75, 3.05) is 6.54 Å². The highest BCUT2D eigenvalue weighted by Crippen LogP contribution is 2.17. The van der Waals surface area contributed by atoms with Crippen LogP contribution in [0.2, 0.25) is 0 Å². The Labute approximate surface area is 113 Å². The smallest absolute Gasteiger partial charge is 0.251 e. The zero-order valence-corrected chi connectivity index (χ0v) is 11.4. The Morgan fingerprint density at radius 2 is 2.33 bits per heavy atom. The van der Waals surface area contributed by atoms with Crippen molar-refractivity contribution in [3.05, 3.63) is 46.0 Å². The standard InChI is InChI=1S/C12H12BrN3O2/c1-8-2-3-9(6-10(8)13)12(17)14-5-4-11-15-7-16-18-11/h2-3,6-7H,4-5H2,1H3,(H,14,17). The summed E-state index contributed by atoms with van der Waals surface area (Å²) in [6.07, 6.45) is 1.87. The number of nitrogens with zero attached hydrogens (tertiary/aromatic N) is 2. The highest BCUT2D eigenvalue weighted by Gasteiger charge is 2.07. The predicted octanol–water partition coefficient (Wildman–Crippen LogP) is 2.11.